The van der Waals surface area contributed by atoms with Gasteiger partial charge < -0.3 is 0 Å². The molecule has 0 nitrogen and oxygen atoms in total. The van der Waals surface area contributed by atoms with Crippen LogP contribution in [0.2, 0.25) is 5.82 Å². The van der Waals surface area contributed by atoms with Crippen LogP contribution in [0, 0.1) is 13.8 Å². The van der Waals surface area contributed by atoms with Gasteiger partial charge >= 0.3 is 68.4 Å². The maximum absolute atomic E-state index is 2.26. The Hall–Kier alpha value is -0.261. The van der Waals surface area contributed by atoms with Gasteiger partial charge in [-0.15, -0.1) is 0 Å². The van der Waals surface area contributed by atoms with Gasteiger partial charge in [-0.25, -0.2) is 0 Å². The second-order valence-corrected chi connectivity index (χ2v) is 4.18. The molecule has 0 bridgehead atoms. The summed E-state index contributed by atoms with van der Waals surface area (Å²) >= 11 is 0.649. The Morgan fingerprint density at radius 2 is 1.90 bits per heavy atom. The first-order chi connectivity index (χ1) is 4.75. The minimum atomic E-state index is 0.649. The molecule has 0 fully saturated rings. The monoisotopic (exact) mass is 200 g/mol. The van der Waals surface area contributed by atoms with E-state index in [1.54, 1.807) is 0 Å². The molecule has 0 aliphatic carbocycles. The molecule has 0 radical (unpaired) electrons. The van der Waals surface area contributed by atoms with Gasteiger partial charge in [0, 0.05) is 0 Å². The fourth-order valence-electron chi connectivity index (χ4n) is 0.945. The van der Waals surface area contributed by atoms with E-state index in [4.69, 9.17) is 0 Å². The van der Waals surface area contributed by atoms with Crippen LogP contribution in [0.25, 0.3) is 0 Å². The third-order valence-electron chi connectivity index (χ3n) is 1.77. The molecule has 0 spiro atoms. The van der Waals surface area contributed by atoms with Gasteiger partial charge in [0.2, 0.25) is 0 Å². The van der Waals surface area contributed by atoms with E-state index >= 15 is 0 Å². The molecule has 0 aliphatic heterocycles. The molecule has 0 saturated heterocycles. The molecule has 54 valence electrons. The van der Waals surface area contributed by atoms with Gasteiger partial charge in [-0.05, 0) is 0 Å². The van der Waals surface area contributed by atoms with Gasteiger partial charge in [0.05, 0.1) is 0 Å². The summed E-state index contributed by atoms with van der Waals surface area (Å²) in [6, 6.07) is 6.54. The zero-order valence-corrected chi connectivity index (χ0v) is 8.35. The van der Waals surface area contributed by atoms with Gasteiger partial charge in [0.15, 0.2) is 0 Å². The van der Waals surface area contributed by atoms with Gasteiger partial charge in [-0.2, -0.15) is 0 Å². The number of hydrogen-bond donors (Lipinski definition) is 0. The molecule has 1 rings (SSSR count). The standard InChI is InChI=1S/C9H12Se/c1-7-5-4-6-9(10-3)8(7)2/h4-6H,1-3H3. The van der Waals surface area contributed by atoms with Crippen LogP contribution in [0.5, 0.6) is 0 Å². The summed E-state index contributed by atoms with van der Waals surface area (Å²) in [5.74, 6) is 2.26. The zero-order chi connectivity index (χ0) is 7.56. The maximum atomic E-state index is 2.26. The molecule has 0 saturated carbocycles. The van der Waals surface area contributed by atoms with E-state index in [1.807, 2.05) is 0 Å². The molecule has 0 aliphatic rings. The minimum absolute atomic E-state index is 0.649. The van der Waals surface area contributed by atoms with E-state index in [2.05, 4.69) is 37.9 Å². The van der Waals surface area contributed by atoms with Gasteiger partial charge in [0.25, 0.3) is 0 Å². The molecular formula is C9H12Se. The summed E-state index contributed by atoms with van der Waals surface area (Å²) in [6.07, 6.45) is 0. The first-order valence-electron chi connectivity index (χ1n) is 3.36. The van der Waals surface area contributed by atoms with Gasteiger partial charge in [-0.1, -0.05) is 0 Å². The molecule has 0 heterocycles. The summed E-state index contributed by atoms with van der Waals surface area (Å²) in [4.78, 5) is 0. The predicted octanol–water partition coefficient (Wildman–Crippen LogP) is 1.68. The molecule has 0 atom stereocenters. The van der Waals surface area contributed by atoms with Gasteiger partial charge in [0.1, 0.15) is 0 Å². The van der Waals surface area contributed by atoms with Crippen LogP contribution >= 0.6 is 0 Å². The molecule has 1 aromatic carbocycles. The Morgan fingerprint density at radius 3 is 2.40 bits per heavy atom. The summed E-state index contributed by atoms with van der Waals surface area (Å²) in [7, 11) is 0. The third kappa shape index (κ3) is 1.42. The van der Waals surface area contributed by atoms with Crippen molar-refractivity contribution in [3.8, 4) is 0 Å². The third-order valence-corrected chi connectivity index (χ3v) is 3.63. The first kappa shape index (κ1) is 7.84. The Morgan fingerprint density at radius 1 is 1.20 bits per heavy atom. The molecule has 0 unspecified atom stereocenters. The Kier molecular flexibility index (Phi) is 2.53. The summed E-state index contributed by atoms with van der Waals surface area (Å²) < 4.78 is 1.53. The quantitative estimate of drug-likeness (QED) is 0.603. The van der Waals surface area contributed by atoms with Crippen LogP contribution in [0.1, 0.15) is 11.1 Å². The second kappa shape index (κ2) is 3.23. The van der Waals surface area contributed by atoms with Crippen molar-refractivity contribution in [2.24, 2.45) is 0 Å². The molecule has 0 N–H and O–H groups in total. The van der Waals surface area contributed by atoms with Crippen LogP contribution in [-0.2, 0) is 0 Å². The topological polar surface area (TPSA) is 0 Å². The summed E-state index contributed by atoms with van der Waals surface area (Å²) in [5.41, 5.74) is 2.89. The van der Waals surface area contributed by atoms with Crippen molar-refractivity contribution in [2.45, 2.75) is 19.7 Å². The first-order valence-corrected chi connectivity index (χ1v) is 5.93. The van der Waals surface area contributed by atoms with Crippen molar-refractivity contribution >= 4 is 19.4 Å². The number of rotatable bonds is 1. The van der Waals surface area contributed by atoms with Crippen molar-refractivity contribution in [3.05, 3.63) is 29.3 Å². The van der Waals surface area contributed by atoms with Crippen LogP contribution < -0.4 is 4.46 Å². The molecule has 0 aromatic heterocycles. The second-order valence-electron chi connectivity index (χ2n) is 2.40. The Bertz CT molecular complexity index is 228. The molecule has 1 aromatic rings. The normalized spacial score (nSPS) is 9.90. The Balaban J connectivity index is 3.14. The average Bonchev–Trinajstić information content (AvgIpc) is 1.95. The number of aryl methyl sites for hydroxylation is 1. The molecule has 1 heteroatoms. The van der Waals surface area contributed by atoms with Gasteiger partial charge in [-0.3, -0.25) is 0 Å². The van der Waals surface area contributed by atoms with Crippen molar-refractivity contribution in [2.75, 3.05) is 0 Å². The fraction of sp³-hybridized carbons (Fsp3) is 0.333. The van der Waals surface area contributed by atoms with Crippen molar-refractivity contribution in [3.63, 3.8) is 0 Å². The van der Waals surface area contributed by atoms with E-state index in [0.29, 0.717) is 15.0 Å². The van der Waals surface area contributed by atoms with Crippen molar-refractivity contribution in [1.82, 2.24) is 0 Å². The fourth-order valence-corrected chi connectivity index (χ4v) is 2.38. The SMILES string of the molecule is C[Se]c1cccc(C)c1C. The zero-order valence-electron chi connectivity index (χ0n) is 6.64. The number of hydrogen-bond acceptors (Lipinski definition) is 0. The Labute approximate surface area is 68.8 Å². The van der Waals surface area contributed by atoms with E-state index in [9.17, 15) is 0 Å². The average molecular weight is 199 g/mol. The van der Waals surface area contributed by atoms with Crippen molar-refractivity contribution < 1.29 is 0 Å². The van der Waals surface area contributed by atoms with Crippen LogP contribution in [0.3, 0.4) is 0 Å². The van der Waals surface area contributed by atoms with Crippen molar-refractivity contribution in [1.29, 1.82) is 0 Å². The number of benzene rings is 1. The van der Waals surface area contributed by atoms with E-state index in [1.165, 1.54) is 15.6 Å². The molecular weight excluding hydrogens is 187 g/mol. The van der Waals surface area contributed by atoms with E-state index in [-0.39, 0.29) is 0 Å². The summed E-state index contributed by atoms with van der Waals surface area (Å²) in [6.45, 7) is 4.38. The van der Waals surface area contributed by atoms with E-state index < -0.39 is 0 Å². The van der Waals surface area contributed by atoms with Crippen LogP contribution in [0.15, 0.2) is 18.2 Å². The van der Waals surface area contributed by atoms with E-state index in [0.717, 1.165) is 0 Å². The molecule has 0 amide bonds. The summed E-state index contributed by atoms with van der Waals surface area (Å²) in [5, 5.41) is 0. The molecule has 10 heavy (non-hydrogen) atoms. The van der Waals surface area contributed by atoms with Crippen LogP contribution in [-0.4, -0.2) is 15.0 Å². The van der Waals surface area contributed by atoms with Crippen LogP contribution in [0.4, 0.5) is 0 Å². The predicted molar refractivity (Wildman–Crippen MR) is 47.2 cm³/mol.